The molecule has 0 aliphatic carbocycles. The first-order valence-corrected chi connectivity index (χ1v) is 8.94. The van der Waals surface area contributed by atoms with Crippen LogP contribution in [0.4, 0.5) is 0 Å². The standard InChI is InChI=1S/C13H17Cl2NO4S/c1-4-16(5-6-20-3)13(17)11-7-10(21(15,18)19)8-12(14)9(11)2/h7-8H,4-6H2,1-3H3. The summed E-state index contributed by atoms with van der Waals surface area (Å²) in [6.45, 7) is 4.74. The van der Waals surface area contributed by atoms with Gasteiger partial charge >= 0.3 is 0 Å². The van der Waals surface area contributed by atoms with Crippen molar-refractivity contribution in [3.63, 3.8) is 0 Å². The highest BCUT2D eigenvalue weighted by Crippen LogP contribution is 2.27. The summed E-state index contributed by atoms with van der Waals surface area (Å²) in [5.74, 6) is -0.309. The number of rotatable bonds is 6. The third-order valence-electron chi connectivity index (χ3n) is 3.06. The smallest absolute Gasteiger partial charge is 0.261 e. The van der Waals surface area contributed by atoms with Crippen LogP contribution in [0.15, 0.2) is 17.0 Å². The van der Waals surface area contributed by atoms with E-state index in [1.54, 1.807) is 18.9 Å². The minimum absolute atomic E-state index is 0.183. The molecule has 0 saturated heterocycles. The number of carbonyl (C=O) groups excluding carboxylic acids is 1. The van der Waals surface area contributed by atoms with E-state index in [0.29, 0.717) is 25.3 Å². The molecule has 0 heterocycles. The second kappa shape index (κ2) is 7.45. The van der Waals surface area contributed by atoms with E-state index in [9.17, 15) is 13.2 Å². The lowest BCUT2D eigenvalue weighted by atomic mass is 10.1. The van der Waals surface area contributed by atoms with Crippen LogP contribution in [0, 0.1) is 6.92 Å². The molecule has 118 valence electrons. The second-order valence-corrected chi connectivity index (χ2v) is 7.37. The van der Waals surface area contributed by atoms with Gasteiger partial charge in [-0.05, 0) is 31.5 Å². The van der Waals surface area contributed by atoms with E-state index in [-0.39, 0.29) is 21.4 Å². The summed E-state index contributed by atoms with van der Waals surface area (Å²) in [7, 11) is 2.91. The van der Waals surface area contributed by atoms with Gasteiger partial charge < -0.3 is 9.64 Å². The zero-order valence-corrected chi connectivity index (χ0v) is 14.3. The lowest BCUT2D eigenvalue weighted by Crippen LogP contribution is -2.34. The van der Waals surface area contributed by atoms with Crippen LogP contribution in [0.2, 0.25) is 5.02 Å². The fourth-order valence-corrected chi connectivity index (χ4v) is 2.86. The maximum absolute atomic E-state index is 12.5. The fraction of sp³-hybridized carbons (Fsp3) is 0.462. The highest BCUT2D eigenvalue weighted by molar-refractivity contribution is 8.13. The molecule has 0 aliphatic rings. The molecule has 1 rings (SSSR count). The van der Waals surface area contributed by atoms with Gasteiger partial charge in [0.15, 0.2) is 0 Å². The Kier molecular flexibility index (Phi) is 6.46. The summed E-state index contributed by atoms with van der Waals surface area (Å²) < 4.78 is 27.8. The third-order valence-corrected chi connectivity index (χ3v) is 4.79. The van der Waals surface area contributed by atoms with Crippen LogP contribution < -0.4 is 0 Å². The Morgan fingerprint density at radius 3 is 2.48 bits per heavy atom. The monoisotopic (exact) mass is 353 g/mol. The van der Waals surface area contributed by atoms with Crippen molar-refractivity contribution >= 4 is 37.2 Å². The second-order valence-electron chi connectivity index (χ2n) is 4.39. The highest BCUT2D eigenvalue weighted by atomic mass is 35.7. The van der Waals surface area contributed by atoms with Gasteiger partial charge in [0.1, 0.15) is 0 Å². The topological polar surface area (TPSA) is 63.7 Å². The number of halogens is 2. The van der Waals surface area contributed by atoms with Crippen molar-refractivity contribution < 1.29 is 17.9 Å². The molecule has 21 heavy (non-hydrogen) atoms. The average Bonchev–Trinajstić information content (AvgIpc) is 2.41. The summed E-state index contributed by atoms with van der Waals surface area (Å²) in [6.07, 6.45) is 0. The largest absolute Gasteiger partial charge is 0.383 e. The summed E-state index contributed by atoms with van der Waals surface area (Å²) in [5, 5.41) is 0.183. The zero-order valence-electron chi connectivity index (χ0n) is 12.0. The van der Waals surface area contributed by atoms with Crippen LogP contribution in [0.25, 0.3) is 0 Å². The van der Waals surface area contributed by atoms with E-state index in [2.05, 4.69) is 0 Å². The molecule has 0 fully saturated rings. The van der Waals surface area contributed by atoms with Crippen molar-refractivity contribution in [2.24, 2.45) is 0 Å². The van der Waals surface area contributed by atoms with Gasteiger partial charge in [0.2, 0.25) is 0 Å². The van der Waals surface area contributed by atoms with Gasteiger partial charge in [0.25, 0.3) is 15.0 Å². The van der Waals surface area contributed by atoms with Crippen LogP contribution in [0.5, 0.6) is 0 Å². The first kappa shape index (κ1) is 18.2. The van der Waals surface area contributed by atoms with Gasteiger partial charge in [0.05, 0.1) is 11.5 Å². The maximum Gasteiger partial charge on any atom is 0.261 e. The molecule has 5 nitrogen and oxygen atoms in total. The minimum Gasteiger partial charge on any atom is -0.383 e. The van der Waals surface area contributed by atoms with Crippen LogP contribution in [0.3, 0.4) is 0 Å². The van der Waals surface area contributed by atoms with Crippen molar-refractivity contribution in [1.29, 1.82) is 0 Å². The molecule has 0 saturated carbocycles. The SMILES string of the molecule is CCN(CCOC)C(=O)c1cc(S(=O)(=O)Cl)cc(Cl)c1C. The van der Waals surface area contributed by atoms with Crippen molar-refractivity contribution in [3.8, 4) is 0 Å². The molecular weight excluding hydrogens is 337 g/mol. The van der Waals surface area contributed by atoms with Crippen molar-refractivity contribution in [3.05, 3.63) is 28.3 Å². The molecule has 0 N–H and O–H groups in total. The van der Waals surface area contributed by atoms with E-state index in [0.717, 1.165) is 0 Å². The average molecular weight is 354 g/mol. The molecule has 1 amide bonds. The number of carbonyl (C=O) groups is 1. The maximum atomic E-state index is 12.5. The Balaban J connectivity index is 3.28. The molecule has 0 aromatic heterocycles. The molecule has 1 aromatic rings. The van der Waals surface area contributed by atoms with Crippen molar-refractivity contribution in [1.82, 2.24) is 4.90 Å². The van der Waals surface area contributed by atoms with Gasteiger partial charge in [0, 0.05) is 41.5 Å². The lowest BCUT2D eigenvalue weighted by Gasteiger charge is -2.22. The Bertz CT molecular complexity index is 631. The predicted molar refractivity (Wildman–Crippen MR) is 82.7 cm³/mol. The van der Waals surface area contributed by atoms with E-state index in [4.69, 9.17) is 27.0 Å². The number of benzene rings is 1. The number of likely N-dealkylation sites (N-methyl/N-ethyl adjacent to an activating group) is 1. The Labute approximate surface area is 134 Å². The first-order valence-electron chi connectivity index (χ1n) is 6.25. The Morgan fingerprint density at radius 2 is 2.00 bits per heavy atom. The molecule has 0 bridgehead atoms. The number of methoxy groups -OCH3 is 1. The van der Waals surface area contributed by atoms with Gasteiger partial charge in [-0.1, -0.05) is 11.6 Å². The molecular formula is C13H17Cl2NO4S. The highest BCUT2D eigenvalue weighted by Gasteiger charge is 2.21. The molecule has 0 spiro atoms. The predicted octanol–water partition coefficient (Wildman–Crippen LogP) is 2.68. The van der Waals surface area contributed by atoms with Gasteiger partial charge in [-0.3, -0.25) is 4.79 Å². The van der Waals surface area contributed by atoms with Gasteiger partial charge in [-0.15, -0.1) is 0 Å². The summed E-state index contributed by atoms with van der Waals surface area (Å²) >= 11 is 6.00. The fourth-order valence-electron chi connectivity index (χ4n) is 1.79. The molecule has 8 heteroatoms. The Morgan fingerprint density at radius 1 is 1.38 bits per heavy atom. The normalized spacial score (nSPS) is 11.5. The molecule has 0 aliphatic heterocycles. The number of hydrogen-bond acceptors (Lipinski definition) is 4. The summed E-state index contributed by atoms with van der Waals surface area (Å²) in [6, 6.07) is 2.49. The lowest BCUT2D eigenvalue weighted by molar-refractivity contribution is 0.0705. The number of hydrogen-bond donors (Lipinski definition) is 0. The van der Waals surface area contributed by atoms with Crippen LogP contribution in [-0.4, -0.2) is 46.0 Å². The van der Waals surface area contributed by atoms with E-state index in [1.165, 1.54) is 12.1 Å². The Hall–Kier alpha value is -0.820. The summed E-state index contributed by atoms with van der Waals surface area (Å²) in [5.41, 5.74) is 0.737. The number of ether oxygens (including phenoxy) is 1. The van der Waals surface area contributed by atoms with Crippen molar-refractivity contribution in [2.45, 2.75) is 18.7 Å². The molecule has 1 aromatic carbocycles. The van der Waals surface area contributed by atoms with Crippen LogP contribution in [0.1, 0.15) is 22.8 Å². The minimum atomic E-state index is -3.96. The van der Waals surface area contributed by atoms with Crippen LogP contribution >= 0.6 is 22.3 Å². The number of amides is 1. The van der Waals surface area contributed by atoms with Crippen LogP contribution in [-0.2, 0) is 13.8 Å². The zero-order chi connectivity index (χ0) is 16.2. The molecule has 0 atom stereocenters. The van der Waals surface area contributed by atoms with Crippen molar-refractivity contribution in [2.75, 3.05) is 26.8 Å². The first-order chi connectivity index (χ1) is 9.72. The van der Waals surface area contributed by atoms with E-state index < -0.39 is 9.05 Å². The van der Waals surface area contributed by atoms with E-state index in [1.807, 2.05) is 6.92 Å². The molecule has 0 radical (unpaired) electrons. The molecule has 0 unspecified atom stereocenters. The summed E-state index contributed by atoms with van der Waals surface area (Å²) in [4.78, 5) is 13.9. The van der Waals surface area contributed by atoms with E-state index >= 15 is 0 Å². The third kappa shape index (κ3) is 4.57. The number of nitrogens with zero attached hydrogens (tertiary/aromatic N) is 1. The quantitative estimate of drug-likeness (QED) is 0.737. The van der Waals surface area contributed by atoms with Gasteiger partial charge in [-0.25, -0.2) is 8.42 Å². The van der Waals surface area contributed by atoms with Gasteiger partial charge in [-0.2, -0.15) is 0 Å².